The normalized spacial score (nSPS) is 10.8. The summed E-state index contributed by atoms with van der Waals surface area (Å²) in [5, 5.41) is 0.654. The second-order valence-electron chi connectivity index (χ2n) is 4.72. The zero-order valence-corrected chi connectivity index (χ0v) is 12.2. The molecule has 2 heterocycles. The van der Waals surface area contributed by atoms with E-state index in [2.05, 4.69) is 4.98 Å². The fourth-order valence-corrected chi connectivity index (χ4v) is 2.18. The highest BCUT2D eigenvalue weighted by Crippen LogP contribution is 2.12. The lowest BCUT2D eigenvalue weighted by Crippen LogP contribution is -2.05. The summed E-state index contributed by atoms with van der Waals surface area (Å²) in [6, 6.07) is 12.9. The summed E-state index contributed by atoms with van der Waals surface area (Å²) < 4.78 is 7.13. The van der Waals surface area contributed by atoms with Crippen molar-refractivity contribution < 1.29 is 9.53 Å². The molecule has 0 N–H and O–H groups in total. The SMILES string of the molecule is Cc1cccc2nc(C(=O)OCc3ccc(Cl)cc3)cn12. The van der Waals surface area contributed by atoms with Crippen LogP contribution in [0.25, 0.3) is 5.65 Å². The number of esters is 1. The number of carbonyl (C=O) groups is 1. The minimum atomic E-state index is -0.437. The summed E-state index contributed by atoms with van der Waals surface area (Å²) in [5.74, 6) is -0.437. The number of fused-ring (bicyclic) bond motifs is 1. The van der Waals surface area contributed by atoms with Crippen LogP contribution in [0.2, 0.25) is 5.02 Å². The van der Waals surface area contributed by atoms with Crippen molar-refractivity contribution in [3.63, 3.8) is 0 Å². The van der Waals surface area contributed by atoms with Crippen LogP contribution in [0.1, 0.15) is 21.7 Å². The van der Waals surface area contributed by atoms with Crippen LogP contribution in [0.5, 0.6) is 0 Å². The number of benzene rings is 1. The van der Waals surface area contributed by atoms with E-state index < -0.39 is 5.97 Å². The smallest absolute Gasteiger partial charge is 0.358 e. The molecule has 1 aromatic carbocycles. The molecule has 2 aromatic heterocycles. The Labute approximate surface area is 126 Å². The monoisotopic (exact) mass is 300 g/mol. The Hall–Kier alpha value is -2.33. The lowest BCUT2D eigenvalue weighted by Gasteiger charge is -2.02. The Balaban J connectivity index is 1.75. The van der Waals surface area contributed by atoms with Crippen LogP contribution >= 0.6 is 11.6 Å². The predicted octanol–water partition coefficient (Wildman–Crippen LogP) is 3.65. The van der Waals surface area contributed by atoms with Gasteiger partial charge in [-0.2, -0.15) is 0 Å². The largest absolute Gasteiger partial charge is 0.456 e. The summed E-state index contributed by atoms with van der Waals surface area (Å²) in [6.45, 7) is 2.15. The molecule has 0 unspecified atom stereocenters. The highest BCUT2D eigenvalue weighted by Gasteiger charge is 2.13. The number of aromatic nitrogens is 2. The van der Waals surface area contributed by atoms with Gasteiger partial charge in [0.25, 0.3) is 0 Å². The summed E-state index contributed by atoms with van der Waals surface area (Å²) in [4.78, 5) is 16.3. The molecular weight excluding hydrogens is 288 g/mol. The maximum atomic E-state index is 12.0. The average molecular weight is 301 g/mol. The minimum Gasteiger partial charge on any atom is -0.456 e. The van der Waals surface area contributed by atoms with Crippen molar-refractivity contribution >= 4 is 23.2 Å². The van der Waals surface area contributed by atoms with E-state index in [0.29, 0.717) is 10.7 Å². The van der Waals surface area contributed by atoms with Crippen molar-refractivity contribution in [3.8, 4) is 0 Å². The third-order valence-corrected chi connectivity index (χ3v) is 3.44. The first kappa shape index (κ1) is 13.6. The molecule has 0 aliphatic carbocycles. The van der Waals surface area contributed by atoms with Gasteiger partial charge in [0, 0.05) is 16.9 Å². The van der Waals surface area contributed by atoms with Crippen LogP contribution in [0.15, 0.2) is 48.7 Å². The van der Waals surface area contributed by atoms with Gasteiger partial charge in [0.1, 0.15) is 12.3 Å². The van der Waals surface area contributed by atoms with Gasteiger partial charge in [0.2, 0.25) is 0 Å². The number of ether oxygens (including phenoxy) is 1. The van der Waals surface area contributed by atoms with Crippen molar-refractivity contribution in [3.05, 3.63) is 70.6 Å². The van der Waals surface area contributed by atoms with E-state index in [1.807, 2.05) is 41.7 Å². The molecule has 0 bridgehead atoms. The number of aryl methyl sites for hydroxylation is 1. The van der Waals surface area contributed by atoms with Crippen LogP contribution in [0, 0.1) is 6.92 Å². The number of hydrogen-bond donors (Lipinski definition) is 0. The zero-order chi connectivity index (χ0) is 14.8. The number of nitrogens with zero attached hydrogens (tertiary/aromatic N) is 2. The van der Waals surface area contributed by atoms with Gasteiger partial charge in [0.05, 0.1) is 0 Å². The Kier molecular flexibility index (Phi) is 3.62. The maximum Gasteiger partial charge on any atom is 0.358 e. The second kappa shape index (κ2) is 5.58. The molecule has 0 spiro atoms. The quantitative estimate of drug-likeness (QED) is 0.693. The van der Waals surface area contributed by atoms with Crippen molar-refractivity contribution in [1.82, 2.24) is 9.38 Å². The van der Waals surface area contributed by atoms with Gasteiger partial charge in [-0.1, -0.05) is 29.8 Å². The highest BCUT2D eigenvalue weighted by atomic mass is 35.5. The van der Waals surface area contributed by atoms with E-state index in [9.17, 15) is 4.79 Å². The molecule has 0 radical (unpaired) electrons. The molecule has 21 heavy (non-hydrogen) atoms. The average Bonchev–Trinajstić information content (AvgIpc) is 2.92. The van der Waals surface area contributed by atoms with Crippen molar-refractivity contribution in [2.24, 2.45) is 0 Å². The molecular formula is C16H13ClN2O2. The number of rotatable bonds is 3. The molecule has 0 amide bonds. The van der Waals surface area contributed by atoms with Crippen LogP contribution < -0.4 is 0 Å². The fourth-order valence-electron chi connectivity index (χ4n) is 2.05. The second-order valence-corrected chi connectivity index (χ2v) is 5.16. The lowest BCUT2D eigenvalue weighted by molar-refractivity contribution is 0.0466. The molecule has 0 fully saturated rings. The third kappa shape index (κ3) is 2.90. The van der Waals surface area contributed by atoms with Gasteiger partial charge in [-0.05, 0) is 36.8 Å². The van der Waals surface area contributed by atoms with Crippen molar-refractivity contribution in [1.29, 1.82) is 0 Å². The van der Waals surface area contributed by atoms with E-state index in [-0.39, 0.29) is 6.61 Å². The lowest BCUT2D eigenvalue weighted by atomic mass is 10.2. The van der Waals surface area contributed by atoms with E-state index in [1.54, 1.807) is 18.3 Å². The summed E-state index contributed by atoms with van der Waals surface area (Å²) in [5.41, 5.74) is 2.93. The van der Waals surface area contributed by atoms with E-state index in [1.165, 1.54) is 0 Å². The highest BCUT2D eigenvalue weighted by molar-refractivity contribution is 6.30. The van der Waals surface area contributed by atoms with Gasteiger partial charge in [0.15, 0.2) is 5.69 Å². The van der Waals surface area contributed by atoms with E-state index in [4.69, 9.17) is 16.3 Å². The number of carbonyl (C=O) groups excluding carboxylic acids is 1. The summed E-state index contributed by atoms with van der Waals surface area (Å²) >= 11 is 5.81. The topological polar surface area (TPSA) is 43.6 Å². The molecule has 0 atom stereocenters. The molecule has 106 valence electrons. The molecule has 4 nitrogen and oxygen atoms in total. The van der Waals surface area contributed by atoms with E-state index >= 15 is 0 Å². The predicted molar refractivity (Wildman–Crippen MR) is 80.5 cm³/mol. The summed E-state index contributed by atoms with van der Waals surface area (Å²) in [7, 11) is 0. The number of hydrogen-bond acceptors (Lipinski definition) is 3. The van der Waals surface area contributed by atoms with E-state index in [0.717, 1.165) is 16.9 Å². The van der Waals surface area contributed by atoms with Crippen LogP contribution in [0.3, 0.4) is 0 Å². The molecule has 5 heteroatoms. The van der Waals surface area contributed by atoms with Gasteiger partial charge >= 0.3 is 5.97 Å². The molecule has 0 aliphatic heterocycles. The van der Waals surface area contributed by atoms with Gasteiger partial charge in [-0.15, -0.1) is 0 Å². The first-order valence-electron chi connectivity index (χ1n) is 6.50. The fraction of sp³-hybridized carbons (Fsp3) is 0.125. The molecule has 0 aliphatic rings. The molecule has 0 saturated carbocycles. The maximum absolute atomic E-state index is 12.0. The zero-order valence-electron chi connectivity index (χ0n) is 11.4. The number of pyridine rings is 1. The van der Waals surface area contributed by atoms with Gasteiger partial charge in [-0.3, -0.25) is 0 Å². The molecule has 3 aromatic rings. The first-order valence-corrected chi connectivity index (χ1v) is 6.87. The number of halogens is 1. The third-order valence-electron chi connectivity index (χ3n) is 3.19. The number of imidazole rings is 1. The Morgan fingerprint density at radius 2 is 2.00 bits per heavy atom. The van der Waals surface area contributed by atoms with Gasteiger partial charge in [-0.25, -0.2) is 9.78 Å². The van der Waals surface area contributed by atoms with Crippen molar-refractivity contribution in [2.75, 3.05) is 0 Å². The van der Waals surface area contributed by atoms with Crippen LogP contribution in [-0.4, -0.2) is 15.4 Å². The minimum absolute atomic E-state index is 0.197. The van der Waals surface area contributed by atoms with Gasteiger partial charge < -0.3 is 9.14 Å². The first-order chi connectivity index (χ1) is 10.1. The van der Waals surface area contributed by atoms with Crippen LogP contribution in [-0.2, 0) is 11.3 Å². The van der Waals surface area contributed by atoms with Crippen molar-refractivity contribution in [2.45, 2.75) is 13.5 Å². The summed E-state index contributed by atoms with van der Waals surface area (Å²) in [6.07, 6.45) is 1.69. The Morgan fingerprint density at radius 1 is 1.24 bits per heavy atom. The molecule has 3 rings (SSSR count). The van der Waals surface area contributed by atoms with Crippen LogP contribution in [0.4, 0.5) is 0 Å². The standard InChI is InChI=1S/C16H13ClN2O2/c1-11-3-2-4-15-18-14(9-19(11)15)16(20)21-10-12-5-7-13(17)8-6-12/h2-9H,10H2,1H3. The Morgan fingerprint density at radius 3 is 2.71 bits per heavy atom. The Bertz CT molecular complexity index is 794. The molecule has 0 saturated heterocycles.